The van der Waals surface area contributed by atoms with Gasteiger partial charge in [-0.3, -0.25) is 10.1 Å². The van der Waals surface area contributed by atoms with Crippen molar-refractivity contribution in [2.45, 2.75) is 18.9 Å². The average Bonchev–Trinajstić information content (AvgIpc) is 2.20. The van der Waals surface area contributed by atoms with Gasteiger partial charge in [0.25, 0.3) is 0 Å². The van der Waals surface area contributed by atoms with Gasteiger partial charge in [-0.1, -0.05) is 0 Å². The Bertz CT molecular complexity index is 476. The molecule has 1 fully saturated rings. The molecule has 0 radical (unpaired) electrons. The van der Waals surface area contributed by atoms with Gasteiger partial charge in [-0.2, -0.15) is 4.39 Å². The number of halogens is 2. The number of hydrogen-bond donors (Lipinski definition) is 1. The Labute approximate surface area is 102 Å². The van der Waals surface area contributed by atoms with Crippen LogP contribution in [-0.4, -0.2) is 17.6 Å². The first kappa shape index (κ1) is 12.7. The number of ether oxygens (including phenoxy) is 1. The lowest BCUT2D eigenvalue weighted by Gasteiger charge is -2.34. The second-order valence-electron chi connectivity index (χ2n) is 4.30. The lowest BCUT2D eigenvalue weighted by molar-refractivity contribution is -0.388. The molecule has 0 spiro atoms. The minimum absolute atomic E-state index is 0.265. The molecule has 0 amide bonds. The predicted octanol–water partition coefficient (Wildman–Crippen LogP) is 1.99. The van der Waals surface area contributed by atoms with Crippen molar-refractivity contribution >= 4 is 5.69 Å². The van der Waals surface area contributed by atoms with Gasteiger partial charge in [-0.25, -0.2) is 4.39 Å². The SMILES string of the molecule is NCC1CC(Oc2cc(F)cc(F)c2[N+](=O)[O-])C1. The third kappa shape index (κ3) is 2.40. The van der Waals surface area contributed by atoms with Crippen molar-refractivity contribution in [1.29, 1.82) is 0 Å². The fourth-order valence-corrected chi connectivity index (χ4v) is 1.95. The Hall–Kier alpha value is -1.76. The summed E-state index contributed by atoms with van der Waals surface area (Å²) >= 11 is 0. The summed E-state index contributed by atoms with van der Waals surface area (Å²) in [5.41, 5.74) is 4.61. The summed E-state index contributed by atoms with van der Waals surface area (Å²) in [6.45, 7) is 0.513. The van der Waals surface area contributed by atoms with E-state index in [1.54, 1.807) is 0 Å². The van der Waals surface area contributed by atoms with Crippen LogP contribution in [0, 0.1) is 27.7 Å². The zero-order valence-electron chi connectivity index (χ0n) is 9.44. The zero-order valence-corrected chi connectivity index (χ0v) is 9.44. The predicted molar refractivity (Wildman–Crippen MR) is 59.2 cm³/mol. The molecule has 1 aliphatic rings. The second-order valence-corrected chi connectivity index (χ2v) is 4.30. The number of rotatable bonds is 4. The highest BCUT2D eigenvalue weighted by atomic mass is 19.1. The van der Waals surface area contributed by atoms with Gasteiger partial charge in [0, 0.05) is 12.1 Å². The number of nitrogens with zero attached hydrogens (tertiary/aromatic N) is 1. The van der Waals surface area contributed by atoms with Crippen molar-refractivity contribution in [2.75, 3.05) is 6.54 Å². The van der Waals surface area contributed by atoms with Crippen LogP contribution in [0.15, 0.2) is 12.1 Å². The van der Waals surface area contributed by atoms with Crippen molar-refractivity contribution in [3.8, 4) is 5.75 Å². The summed E-state index contributed by atoms with van der Waals surface area (Å²) in [4.78, 5) is 9.79. The highest BCUT2D eigenvalue weighted by Gasteiger charge is 2.33. The highest BCUT2D eigenvalue weighted by Crippen LogP contribution is 2.36. The van der Waals surface area contributed by atoms with Crippen molar-refractivity contribution in [3.05, 3.63) is 33.9 Å². The Morgan fingerprint density at radius 2 is 2.11 bits per heavy atom. The molecule has 0 unspecified atom stereocenters. The Balaban J connectivity index is 2.19. The van der Waals surface area contributed by atoms with E-state index in [0.29, 0.717) is 31.4 Å². The number of nitro benzene ring substituents is 1. The van der Waals surface area contributed by atoms with Gasteiger partial charge in [0.2, 0.25) is 11.6 Å². The molecule has 7 heteroatoms. The van der Waals surface area contributed by atoms with Gasteiger partial charge < -0.3 is 10.5 Å². The quantitative estimate of drug-likeness (QED) is 0.661. The minimum Gasteiger partial charge on any atom is -0.483 e. The van der Waals surface area contributed by atoms with Crippen LogP contribution in [0.3, 0.4) is 0 Å². The summed E-state index contributed by atoms with van der Waals surface area (Å²) in [5.74, 6) is -2.18. The van der Waals surface area contributed by atoms with E-state index in [4.69, 9.17) is 10.5 Å². The Morgan fingerprint density at radius 1 is 1.44 bits per heavy atom. The number of hydrogen-bond acceptors (Lipinski definition) is 4. The lowest BCUT2D eigenvalue weighted by atomic mass is 9.82. The van der Waals surface area contributed by atoms with Crippen LogP contribution in [0.2, 0.25) is 0 Å². The molecule has 1 saturated carbocycles. The maximum absolute atomic E-state index is 13.3. The van der Waals surface area contributed by atoms with E-state index in [-0.39, 0.29) is 11.9 Å². The number of benzene rings is 1. The van der Waals surface area contributed by atoms with E-state index >= 15 is 0 Å². The van der Waals surface area contributed by atoms with Gasteiger partial charge in [0.15, 0.2) is 0 Å². The van der Waals surface area contributed by atoms with Gasteiger partial charge in [0.05, 0.1) is 11.0 Å². The molecule has 1 aromatic carbocycles. The summed E-state index contributed by atoms with van der Waals surface area (Å²) in [7, 11) is 0. The van der Waals surface area contributed by atoms with Crippen LogP contribution in [0.25, 0.3) is 0 Å². The van der Waals surface area contributed by atoms with E-state index in [2.05, 4.69) is 0 Å². The molecule has 0 aromatic heterocycles. The molecule has 0 aliphatic heterocycles. The van der Waals surface area contributed by atoms with Crippen LogP contribution in [0.1, 0.15) is 12.8 Å². The molecule has 2 N–H and O–H groups in total. The molecular formula is C11H12F2N2O3. The molecule has 0 heterocycles. The maximum atomic E-state index is 13.3. The van der Waals surface area contributed by atoms with Crippen molar-refractivity contribution in [2.24, 2.45) is 11.7 Å². The first-order valence-corrected chi connectivity index (χ1v) is 5.51. The number of nitro groups is 1. The second kappa shape index (κ2) is 4.85. The van der Waals surface area contributed by atoms with Crippen LogP contribution in [-0.2, 0) is 0 Å². The molecule has 18 heavy (non-hydrogen) atoms. The Morgan fingerprint density at radius 3 is 2.67 bits per heavy atom. The first-order chi connectivity index (χ1) is 8.51. The largest absolute Gasteiger partial charge is 0.483 e. The van der Waals surface area contributed by atoms with Crippen molar-refractivity contribution in [3.63, 3.8) is 0 Å². The molecule has 2 rings (SSSR count). The topological polar surface area (TPSA) is 78.4 Å². The van der Waals surface area contributed by atoms with Crippen LogP contribution < -0.4 is 10.5 Å². The van der Waals surface area contributed by atoms with Crippen molar-refractivity contribution in [1.82, 2.24) is 0 Å². The average molecular weight is 258 g/mol. The molecular weight excluding hydrogens is 246 g/mol. The minimum atomic E-state index is -1.23. The molecule has 1 aromatic rings. The summed E-state index contributed by atoms with van der Waals surface area (Å²) in [5, 5.41) is 10.7. The first-order valence-electron chi connectivity index (χ1n) is 5.51. The molecule has 0 atom stereocenters. The normalized spacial score (nSPS) is 22.4. The van der Waals surface area contributed by atoms with Crippen molar-refractivity contribution < 1.29 is 18.4 Å². The highest BCUT2D eigenvalue weighted by molar-refractivity contribution is 5.47. The number of nitrogens with two attached hydrogens (primary N) is 1. The molecule has 0 bridgehead atoms. The van der Waals surface area contributed by atoms with E-state index in [9.17, 15) is 18.9 Å². The third-order valence-corrected chi connectivity index (χ3v) is 3.00. The monoisotopic (exact) mass is 258 g/mol. The molecule has 98 valence electrons. The lowest BCUT2D eigenvalue weighted by Crippen LogP contribution is -2.37. The fourth-order valence-electron chi connectivity index (χ4n) is 1.95. The van der Waals surface area contributed by atoms with E-state index < -0.39 is 22.2 Å². The van der Waals surface area contributed by atoms with E-state index in [1.807, 2.05) is 0 Å². The third-order valence-electron chi connectivity index (χ3n) is 3.00. The van der Waals surface area contributed by atoms with Gasteiger partial charge in [-0.15, -0.1) is 0 Å². The van der Waals surface area contributed by atoms with Gasteiger partial charge in [0.1, 0.15) is 5.82 Å². The summed E-state index contributed by atoms with van der Waals surface area (Å²) < 4.78 is 31.6. The van der Waals surface area contributed by atoms with Crippen LogP contribution in [0.5, 0.6) is 5.75 Å². The molecule has 5 nitrogen and oxygen atoms in total. The maximum Gasteiger partial charge on any atom is 0.346 e. The van der Waals surface area contributed by atoms with E-state index in [0.717, 1.165) is 6.07 Å². The molecule has 1 aliphatic carbocycles. The fraction of sp³-hybridized carbons (Fsp3) is 0.455. The molecule has 0 saturated heterocycles. The van der Waals surface area contributed by atoms with Gasteiger partial charge in [-0.05, 0) is 25.3 Å². The smallest absolute Gasteiger partial charge is 0.346 e. The van der Waals surface area contributed by atoms with Crippen LogP contribution in [0.4, 0.5) is 14.5 Å². The zero-order chi connectivity index (χ0) is 13.3. The summed E-state index contributed by atoms with van der Waals surface area (Å²) in [6, 6.07) is 1.30. The summed E-state index contributed by atoms with van der Waals surface area (Å²) in [6.07, 6.45) is 1.02. The van der Waals surface area contributed by atoms with E-state index in [1.165, 1.54) is 0 Å². The standard InChI is InChI=1S/C11H12F2N2O3/c12-7-3-9(13)11(15(16)17)10(4-7)18-8-1-6(2-8)5-14/h3-4,6,8H,1-2,5,14H2. The van der Waals surface area contributed by atoms with Gasteiger partial charge >= 0.3 is 5.69 Å². The van der Waals surface area contributed by atoms with Crippen LogP contribution >= 0.6 is 0 Å². The Kier molecular flexibility index (Phi) is 3.42.